The van der Waals surface area contributed by atoms with E-state index in [4.69, 9.17) is 9.47 Å². The van der Waals surface area contributed by atoms with Crippen LogP contribution in [0.3, 0.4) is 0 Å². The number of fused-ring (bicyclic) bond motifs is 1. The summed E-state index contributed by atoms with van der Waals surface area (Å²) in [6, 6.07) is 11.7. The molecule has 1 aliphatic heterocycles. The van der Waals surface area contributed by atoms with Gasteiger partial charge >= 0.3 is 0 Å². The number of H-pyrrole nitrogens is 1. The van der Waals surface area contributed by atoms with Gasteiger partial charge in [-0.2, -0.15) is 5.10 Å². The van der Waals surface area contributed by atoms with Crippen molar-refractivity contribution >= 4 is 33.2 Å². The lowest BCUT2D eigenvalue weighted by Crippen LogP contribution is -2.38. The van der Waals surface area contributed by atoms with Crippen LogP contribution in [0.15, 0.2) is 46.3 Å². The summed E-state index contributed by atoms with van der Waals surface area (Å²) in [5, 5.41) is 9.41. The molecule has 1 aliphatic rings. The highest BCUT2D eigenvalue weighted by Crippen LogP contribution is 2.43. The molecule has 0 saturated heterocycles. The highest BCUT2D eigenvalue weighted by Gasteiger charge is 2.43. The largest absolute Gasteiger partial charge is 0.354 e. The van der Waals surface area contributed by atoms with Crippen molar-refractivity contribution in [3.63, 3.8) is 0 Å². The Balaban J connectivity index is 1.83. The summed E-state index contributed by atoms with van der Waals surface area (Å²) in [4.78, 5) is 15.9. The van der Waals surface area contributed by atoms with E-state index in [1.807, 2.05) is 41.8 Å². The molecule has 1 atom stereocenters. The molecular weight excluding hydrogens is 430 g/mol. The molecular formula is C19H18BrN3O3S. The minimum Gasteiger partial charge on any atom is -0.354 e. The van der Waals surface area contributed by atoms with Gasteiger partial charge in [-0.25, -0.2) is 0 Å². The van der Waals surface area contributed by atoms with Crippen molar-refractivity contribution in [3.05, 3.63) is 63.1 Å². The lowest BCUT2D eigenvalue weighted by atomic mass is 9.98. The number of carbonyl (C=O) groups is 1. The molecule has 8 heteroatoms. The Hall–Kier alpha value is -2.00. The number of hydrogen-bond acceptors (Lipinski definition) is 5. The van der Waals surface area contributed by atoms with Crippen LogP contribution in [0, 0.1) is 0 Å². The van der Waals surface area contributed by atoms with E-state index < -0.39 is 6.29 Å². The standard InChI is InChI=1S/C19H18BrN3O3S/c1-25-14(26-2)10-23-18(11-5-7-12(20)8-6-11)15-16(13-4-3-9-27-13)21-22-17(15)19(23)24/h3-9,14,18H,10H2,1-2H3,(H,21,22). The van der Waals surface area contributed by atoms with E-state index in [0.717, 1.165) is 26.2 Å². The van der Waals surface area contributed by atoms with Gasteiger partial charge in [0.25, 0.3) is 5.91 Å². The number of aromatic amines is 1. The number of methoxy groups -OCH3 is 2. The average Bonchev–Trinajstić information content (AvgIpc) is 3.39. The maximum absolute atomic E-state index is 13.1. The number of nitrogens with one attached hydrogen (secondary N) is 1. The number of hydrogen-bond donors (Lipinski definition) is 1. The summed E-state index contributed by atoms with van der Waals surface area (Å²) < 4.78 is 11.7. The zero-order valence-electron chi connectivity index (χ0n) is 14.8. The van der Waals surface area contributed by atoms with Crippen LogP contribution in [-0.4, -0.2) is 48.1 Å². The van der Waals surface area contributed by atoms with Crippen LogP contribution in [-0.2, 0) is 9.47 Å². The molecule has 140 valence electrons. The second kappa shape index (κ2) is 7.55. The maximum Gasteiger partial charge on any atom is 0.275 e. The Morgan fingerprint density at radius 3 is 2.63 bits per heavy atom. The van der Waals surface area contributed by atoms with Gasteiger partial charge in [-0.05, 0) is 29.1 Å². The minimum atomic E-state index is -0.509. The van der Waals surface area contributed by atoms with Gasteiger partial charge in [0.1, 0.15) is 0 Å². The predicted molar refractivity (Wildman–Crippen MR) is 107 cm³/mol. The summed E-state index contributed by atoms with van der Waals surface area (Å²) in [7, 11) is 3.14. The molecule has 0 bridgehead atoms. The van der Waals surface area contributed by atoms with Gasteiger partial charge in [0, 0.05) is 24.3 Å². The van der Waals surface area contributed by atoms with Crippen LogP contribution in [0.5, 0.6) is 0 Å². The fourth-order valence-electron chi connectivity index (χ4n) is 3.38. The van der Waals surface area contributed by atoms with E-state index >= 15 is 0 Å². The van der Waals surface area contributed by atoms with Crippen LogP contribution >= 0.6 is 27.3 Å². The Morgan fingerprint density at radius 2 is 2.00 bits per heavy atom. The molecule has 6 nitrogen and oxygen atoms in total. The normalized spacial score (nSPS) is 16.4. The van der Waals surface area contributed by atoms with Crippen molar-refractivity contribution in [1.29, 1.82) is 0 Å². The zero-order valence-corrected chi connectivity index (χ0v) is 17.2. The third kappa shape index (κ3) is 3.23. The predicted octanol–water partition coefficient (Wildman–Crippen LogP) is 4.06. The molecule has 1 unspecified atom stereocenters. The number of ether oxygens (including phenoxy) is 2. The third-order valence-corrected chi connectivity index (χ3v) is 6.09. The Bertz CT molecular complexity index is 936. The van der Waals surface area contributed by atoms with Crippen molar-refractivity contribution in [2.45, 2.75) is 12.3 Å². The van der Waals surface area contributed by atoms with Crippen LogP contribution in [0.4, 0.5) is 0 Å². The van der Waals surface area contributed by atoms with Gasteiger partial charge in [-0.3, -0.25) is 9.89 Å². The summed E-state index contributed by atoms with van der Waals surface area (Å²) in [6.07, 6.45) is -0.509. The number of aromatic nitrogens is 2. The molecule has 0 spiro atoms. The maximum atomic E-state index is 13.1. The van der Waals surface area contributed by atoms with Gasteiger partial charge in [0.2, 0.25) is 0 Å². The number of rotatable bonds is 6. The number of carbonyl (C=O) groups excluding carboxylic acids is 1. The topological polar surface area (TPSA) is 67.5 Å². The molecule has 4 rings (SSSR count). The van der Waals surface area contributed by atoms with E-state index in [0.29, 0.717) is 12.2 Å². The highest BCUT2D eigenvalue weighted by atomic mass is 79.9. The van der Waals surface area contributed by atoms with Crippen LogP contribution in [0.1, 0.15) is 27.7 Å². The third-order valence-electron chi connectivity index (χ3n) is 4.68. The molecule has 1 aromatic carbocycles. The molecule has 3 aromatic rings. The first-order chi connectivity index (χ1) is 13.1. The molecule has 3 heterocycles. The SMILES string of the molecule is COC(CN1C(=O)c2n[nH]c(-c3cccs3)c2C1c1ccc(Br)cc1)OC. The van der Waals surface area contributed by atoms with Crippen molar-refractivity contribution in [3.8, 4) is 10.6 Å². The molecule has 1 N–H and O–H groups in total. The van der Waals surface area contributed by atoms with Crippen molar-refractivity contribution in [1.82, 2.24) is 15.1 Å². The number of nitrogens with zero attached hydrogens (tertiary/aromatic N) is 2. The van der Waals surface area contributed by atoms with E-state index in [9.17, 15) is 4.79 Å². The number of thiophene rings is 1. The smallest absolute Gasteiger partial charge is 0.275 e. The monoisotopic (exact) mass is 447 g/mol. The molecule has 1 amide bonds. The lowest BCUT2D eigenvalue weighted by molar-refractivity contribution is -0.113. The summed E-state index contributed by atoms with van der Waals surface area (Å²) >= 11 is 5.09. The highest BCUT2D eigenvalue weighted by molar-refractivity contribution is 9.10. The van der Waals surface area contributed by atoms with Crippen LogP contribution < -0.4 is 0 Å². The molecule has 0 fully saturated rings. The second-order valence-electron chi connectivity index (χ2n) is 6.15. The van der Waals surface area contributed by atoms with Gasteiger partial charge < -0.3 is 14.4 Å². The first kappa shape index (κ1) is 18.4. The Labute approximate surface area is 169 Å². The molecule has 0 aliphatic carbocycles. The summed E-state index contributed by atoms with van der Waals surface area (Å²) in [5.74, 6) is -0.129. The summed E-state index contributed by atoms with van der Waals surface area (Å²) in [6.45, 7) is 0.312. The first-order valence-corrected chi connectivity index (χ1v) is 10.1. The number of amides is 1. The van der Waals surface area contributed by atoms with E-state index in [1.165, 1.54) is 0 Å². The quantitative estimate of drug-likeness (QED) is 0.578. The minimum absolute atomic E-state index is 0.129. The van der Waals surface area contributed by atoms with E-state index in [2.05, 4.69) is 26.1 Å². The number of halogens is 1. The molecule has 0 radical (unpaired) electrons. The lowest BCUT2D eigenvalue weighted by Gasteiger charge is -2.29. The van der Waals surface area contributed by atoms with Gasteiger partial charge in [-0.15, -0.1) is 11.3 Å². The molecule has 2 aromatic heterocycles. The van der Waals surface area contributed by atoms with Crippen LogP contribution in [0.2, 0.25) is 0 Å². The van der Waals surface area contributed by atoms with Gasteiger partial charge in [-0.1, -0.05) is 34.1 Å². The Morgan fingerprint density at radius 1 is 1.26 bits per heavy atom. The zero-order chi connectivity index (χ0) is 19.0. The molecule has 27 heavy (non-hydrogen) atoms. The van der Waals surface area contributed by atoms with Crippen molar-refractivity contribution in [2.24, 2.45) is 0 Å². The van der Waals surface area contributed by atoms with E-state index in [-0.39, 0.29) is 11.9 Å². The van der Waals surface area contributed by atoms with Crippen molar-refractivity contribution in [2.75, 3.05) is 20.8 Å². The second-order valence-corrected chi connectivity index (χ2v) is 8.01. The molecule has 0 saturated carbocycles. The Kier molecular flexibility index (Phi) is 5.14. The van der Waals surface area contributed by atoms with Gasteiger partial charge in [0.15, 0.2) is 12.0 Å². The first-order valence-electron chi connectivity index (χ1n) is 8.38. The fraction of sp³-hybridized carbons (Fsp3) is 0.263. The van der Waals surface area contributed by atoms with Crippen molar-refractivity contribution < 1.29 is 14.3 Å². The average molecular weight is 448 g/mol. The fourth-order valence-corrected chi connectivity index (χ4v) is 4.38. The van der Waals surface area contributed by atoms with Gasteiger partial charge in [0.05, 0.1) is 23.2 Å². The number of benzene rings is 1. The summed E-state index contributed by atoms with van der Waals surface area (Å²) in [5.41, 5.74) is 3.25. The van der Waals surface area contributed by atoms with Crippen LogP contribution in [0.25, 0.3) is 10.6 Å². The van der Waals surface area contributed by atoms with E-state index in [1.54, 1.807) is 30.5 Å².